The van der Waals surface area contributed by atoms with Crippen molar-refractivity contribution in [3.63, 3.8) is 0 Å². The lowest BCUT2D eigenvalue weighted by Gasteiger charge is -2.03. The molecule has 0 fully saturated rings. The first-order valence-electron chi connectivity index (χ1n) is 6.31. The summed E-state index contributed by atoms with van der Waals surface area (Å²) in [4.78, 5) is 19.9. The van der Waals surface area contributed by atoms with Crippen molar-refractivity contribution in [1.82, 2.24) is 20.4 Å². The van der Waals surface area contributed by atoms with Crippen molar-refractivity contribution in [2.24, 2.45) is 0 Å². The van der Waals surface area contributed by atoms with E-state index in [1.54, 1.807) is 13.0 Å². The van der Waals surface area contributed by atoms with Crippen LogP contribution in [0.15, 0.2) is 23.0 Å². The molecule has 2 heterocycles. The van der Waals surface area contributed by atoms with E-state index in [-0.39, 0.29) is 12.5 Å². The smallest absolute Gasteiger partial charge is 0.252 e. The number of carbonyl (C=O) groups is 1. The van der Waals surface area contributed by atoms with Gasteiger partial charge in [0.05, 0.1) is 5.56 Å². The first-order chi connectivity index (χ1) is 10.2. The minimum absolute atomic E-state index is 0.236. The van der Waals surface area contributed by atoms with Crippen molar-refractivity contribution >= 4 is 5.91 Å². The van der Waals surface area contributed by atoms with Gasteiger partial charge in [0.25, 0.3) is 5.91 Å². The number of hydrogen-bond acceptors (Lipinski definition) is 6. The van der Waals surface area contributed by atoms with E-state index in [1.165, 1.54) is 12.4 Å². The van der Waals surface area contributed by atoms with Crippen LogP contribution in [-0.2, 0) is 6.42 Å². The Hall–Kier alpha value is -2.72. The second kappa shape index (κ2) is 7.17. The zero-order valence-corrected chi connectivity index (χ0v) is 11.5. The van der Waals surface area contributed by atoms with Crippen LogP contribution in [-0.4, -0.2) is 39.3 Å². The van der Waals surface area contributed by atoms with E-state index in [0.29, 0.717) is 35.8 Å². The number of pyridine rings is 1. The summed E-state index contributed by atoms with van der Waals surface area (Å²) >= 11 is 0. The van der Waals surface area contributed by atoms with Gasteiger partial charge in [0.2, 0.25) is 5.89 Å². The Bertz CT molecular complexity index is 685. The number of aliphatic hydroxyl groups excluding tert-OH is 1. The molecule has 21 heavy (non-hydrogen) atoms. The standard InChI is InChI=1S/C14H14N4O3/c1-10-17-13(18-21-10)4-5-16-14(20)12-7-11(3-2-6-19)8-15-9-12/h7-9,19H,4-6H2,1H3,(H,16,20). The van der Waals surface area contributed by atoms with E-state index in [9.17, 15) is 4.79 Å². The second-order valence-electron chi connectivity index (χ2n) is 4.16. The molecule has 2 aromatic heterocycles. The summed E-state index contributed by atoms with van der Waals surface area (Å²) in [5, 5.41) is 15.1. The van der Waals surface area contributed by atoms with Gasteiger partial charge in [-0.2, -0.15) is 4.98 Å². The summed E-state index contributed by atoms with van der Waals surface area (Å²) in [6.45, 7) is 1.87. The van der Waals surface area contributed by atoms with Crippen LogP contribution in [0, 0.1) is 18.8 Å². The van der Waals surface area contributed by atoms with E-state index < -0.39 is 0 Å². The lowest BCUT2D eigenvalue weighted by atomic mass is 10.2. The molecule has 0 saturated heterocycles. The molecular formula is C14H14N4O3. The molecule has 0 atom stereocenters. The Morgan fingerprint density at radius 1 is 1.48 bits per heavy atom. The summed E-state index contributed by atoms with van der Waals surface area (Å²) in [6, 6.07) is 1.61. The predicted octanol–water partition coefficient (Wildman–Crippen LogP) is 0.0893. The number of nitrogens with zero attached hydrogens (tertiary/aromatic N) is 3. The molecule has 7 nitrogen and oxygen atoms in total. The SMILES string of the molecule is Cc1nc(CCNC(=O)c2cncc(C#CCO)c2)no1. The highest BCUT2D eigenvalue weighted by molar-refractivity contribution is 5.94. The highest BCUT2D eigenvalue weighted by atomic mass is 16.5. The molecule has 0 bridgehead atoms. The molecule has 7 heteroatoms. The minimum atomic E-state index is -0.254. The van der Waals surface area contributed by atoms with Gasteiger partial charge in [-0.1, -0.05) is 17.0 Å². The molecule has 0 spiro atoms. The molecule has 0 aliphatic heterocycles. The van der Waals surface area contributed by atoms with Gasteiger partial charge in [0, 0.05) is 37.8 Å². The van der Waals surface area contributed by atoms with Gasteiger partial charge in [-0.3, -0.25) is 9.78 Å². The molecule has 0 aliphatic rings. The zero-order valence-electron chi connectivity index (χ0n) is 11.5. The number of carbonyl (C=O) groups excluding carboxylic acids is 1. The molecule has 108 valence electrons. The number of hydrogen-bond donors (Lipinski definition) is 2. The maximum absolute atomic E-state index is 12.0. The van der Waals surface area contributed by atoms with Crippen molar-refractivity contribution in [3.8, 4) is 11.8 Å². The Labute approximate surface area is 121 Å². The number of rotatable bonds is 4. The monoisotopic (exact) mass is 286 g/mol. The van der Waals surface area contributed by atoms with Crippen LogP contribution in [0.3, 0.4) is 0 Å². The van der Waals surface area contributed by atoms with E-state index in [4.69, 9.17) is 9.63 Å². The molecule has 1 amide bonds. The van der Waals surface area contributed by atoms with Crippen molar-refractivity contribution in [2.75, 3.05) is 13.2 Å². The fourth-order valence-corrected chi connectivity index (χ4v) is 1.61. The Kier molecular flexibility index (Phi) is 5.01. The maximum atomic E-state index is 12.0. The number of aliphatic hydroxyl groups is 1. The molecule has 0 aliphatic carbocycles. The number of aryl methyl sites for hydroxylation is 1. The highest BCUT2D eigenvalue weighted by Gasteiger charge is 2.07. The predicted molar refractivity (Wildman–Crippen MR) is 73.3 cm³/mol. The molecule has 2 rings (SSSR count). The number of amides is 1. The van der Waals surface area contributed by atoms with Gasteiger partial charge >= 0.3 is 0 Å². The summed E-state index contributed by atoms with van der Waals surface area (Å²) in [5.74, 6) is 6.00. The van der Waals surface area contributed by atoms with Gasteiger partial charge in [-0.25, -0.2) is 0 Å². The molecule has 2 aromatic rings. The van der Waals surface area contributed by atoms with Gasteiger partial charge in [-0.15, -0.1) is 0 Å². The van der Waals surface area contributed by atoms with Crippen LogP contribution in [0.4, 0.5) is 0 Å². The van der Waals surface area contributed by atoms with E-state index in [1.807, 2.05) is 0 Å². The Morgan fingerprint density at radius 2 is 2.33 bits per heavy atom. The summed E-state index contributed by atoms with van der Waals surface area (Å²) in [5.41, 5.74) is 0.981. The average Bonchev–Trinajstić information content (AvgIpc) is 2.91. The summed E-state index contributed by atoms with van der Waals surface area (Å²) < 4.78 is 4.84. The summed E-state index contributed by atoms with van der Waals surface area (Å²) in [7, 11) is 0. The first kappa shape index (κ1) is 14.7. The van der Waals surface area contributed by atoms with Crippen molar-refractivity contribution in [1.29, 1.82) is 0 Å². The normalized spacial score (nSPS) is 9.81. The highest BCUT2D eigenvalue weighted by Crippen LogP contribution is 2.02. The Balaban J connectivity index is 1.91. The lowest BCUT2D eigenvalue weighted by molar-refractivity contribution is 0.0953. The minimum Gasteiger partial charge on any atom is -0.384 e. The van der Waals surface area contributed by atoms with Crippen LogP contribution in [0.1, 0.15) is 27.6 Å². The lowest BCUT2D eigenvalue weighted by Crippen LogP contribution is -2.26. The molecule has 0 radical (unpaired) electrons. The molecule has 0 saturated carbocycles. The fraction of sp³-hybridized carbons (Fsp3) is 0.286. The second-order valence-corrected chi connectivity index (χ2v) is 4.16. The summed E-state index contributed by atoms with van der Waals surface area (Å²) in [6.07, 6.45) is 3.47. The van der Waals surface area contributed by atoms with Crippen LogP contribution in [0.2, 0.25) is 0 Å². The molecule has 2 N–H and O–H groups in total. The van der Waals surface area contributed by atoms with Gasteiger partial charge in [-0.05, 0) is 6.07 Å². The third-order valence-corrected chi connectivity index (χ3v) is 2.52. The van der Waals surface area contributed by atoms with Gasteiger partial charge in [0.1, 0.15) is 6.61 Å². The average molecular weight is 286 g/mol. The van der Waals surface area contributed by atoms with Crippen LogP contribution >= 0.6 is 0 Å². The molecular weight excluding hydrogens is 272 g/mol. The van der Waals surface area contributed by atoms with Gasteiger partial charge < -0.3 is 14.9 Å². The number of aromatic nitrogens is 3. The third-order valence-electron chi connectivity index (χ3n) is 2.52. The quantitative estimate of drug-likeness (QED) is 0.772. The molecule has 0 aromatic carbocycles. The van der Waals surface area contributed by atoms with E-state index in [0.717, 1.165) is 0 Å². The van der Waals surface area contributed by atoms with Crippen molar-refractivity contribution in [2.45, 2.75) is 13.3 Å². The van der Waals surface area contributed by atoms with Crippen LogP contribution < -0.4 is 5.32 Å². The first-order valence-corrected chi connectivity index (χ1v) is 6.31. The van der Waals surface area contributed by atoms with Gasteiger partial charge in [0.15, 0.2) is 5.82 Å². The molecule has 0 unspecified atom stereocenters. The maximum Gasteiger partial charge on any atom is 0.252 e. The van der Waals surface area contributed by atoms with Crippen LogP contribution in [0.5, 0.6) is 0 Å². The third kappa shape index (κ3) is 4.40. The zero-order chi connectivity index (χ0) is 15.1. The van der Waals surface area contributed by atoms with Crippen molar-refractivity contribution < 1.29 is 14.4 Å². The fourth-order valence-electron chi connectivity index (χ4n) is 1.61. The Morgan fingerprint density at radius 3 is 3.05 bits per heavy atom. The van der Waals surface area contributed by atoms with Crippen molar-refractivity contribution in [3.05, 3.63) is 41.3 Å². The topological polar surface area (TPSA) is 101 Å². The van der Waals surface area contributed by atoms with Crippen LogP contribution in [0.25, 0.3) is 0 Å². The largest absolute Gasteiger partial charge is 0.384 e. The van der Waals surface area contributed by atoms with E-state index in [2.05, 4.69) is 32.3 Å². The van der Waals surface area contributed by atoms with E-state index >= 15 is 0 Å². The number of nitrogens with one attached hydrogen (secondary N) is 1.